The van der Waals surface area contributed by atoms with E-state index in [-0.39, 0.29) is 11.9 Å². The summed E-state index contributed by atoms with van der Waals surface area (Å²) in [5, 5.41) is 0. The molecule has 15 heavy (non-hydrogen) atoms. The highest BCUT2D eigenvalue weighted by molar-refractivity contribution is 9.10. The topological polar surface area (TPSA) is 46.3 Å². The Kier molecular flexibility index (Phi) is 4.29. The fraction of sp³-hybridized carbons (Fsp3) is 0.364. The van der Waals surface area contributed by atoms with Crippen LogP contribution in [0.4, 0.5) is 0 Å². The number of benzene rings is 1. The van der Waals surface area contributed by atoms with Gasteiger partial charge in [-0.25, -0.2) is 0 Å². The van der Waals surface area contributed by atoms with Gasteiger partial charge >= 0.3 is 0 Å². The van der Waals surface area contributed by atoms with Crippen molar-refractivity contribution >= 4 is 21.8 Å². The van der Waals surface area contributed by atoms with Gasteiger partial charge in [-0.2, -0.15) is 0 Å². The number of amides is 1. The van der Waals surface area contributed by atoms with E-state index in [2.05, 4.69) is 15.9 Å². The van der Waals surface area contributed by atoms with Gasteiger partial charge in [0, 0.05) is 4.47 Å². The molecule has 2 N–H and O–H groups in total. The Morgan fingerprint density at radius 3 is 2.33 bits per heavy atom. The molecule has 82 valence electrons. The highest BCUT2D eigenvalue weighted by Gasteiger charge is 2.17. The van der Waals surface area contributed by atoms with Crippen molar-refractivity contribution in [2.24, 2.45) is 5.73 Å². The van der Waals surface area contributed by atoms with Crippen molar-refractivity contribution in [1.82, 2.24) is 4.90 Å². The Balaban J connectivity index is 2.74. The minimum Gasteiger partial charge on any atom is -0.368 e. The number of likely N-dealkylation sites (N-methyl/N-ethyl adjacent to an activating group) is 1. The van der Waals surface area contributed by atoms with Gasteiger partial charge in [-0.15, -0.1) is 0 Å². The molecule has 0 saturated carbocycles. The molecule has 1 aromatic rings. The van der Waals surface area contributed by atoms with Crippen molar-refractivity contribution in [2.75, 3.05) is 14.1 Å². The zero-order valence-electron chi connectivity index (χ0n) is 8.90. The molecule has 0 bridgehead atoms. The molecule has 0 aromatic heterocycles. The van der Waals surface area contributed by atoms with Crippen LogP contribution >= 0.6 is 15.9 Å². The van der Waals surface area contributed by atoms with Crippen LogP contribution in [0.15, 0.2) is 28.7 Å². The highest BCUT2D eigenvalue weighted by Crippen LogP contribution is 2.12. The van der Waals surface area contributed by atoms with E-state index >= 15 is 0 Å². The molecule has 1 atom stereocenters. The lowest BCUT2D eigenvalue weighted by Crippen LogP contribution is -2.41. The van der Waals surface area contributed by atoms with Gasteiger partial charge in [0.1, 0.15) is 0 Å². The van der Waals surface area contributed by atoms with Crippen molar-refractivity contribution < 1.29 is 4.79 Å². The predicted molar refractivity (Wildman–Crippen MR) is 64.5 cm³/mol. The summed E-state index contributed by atoms with van der Waals surface area (Å²) in [4.78, 5) is 13.0. The number of carbonyl (C=O) groups excluding carboxylic acids is 1. The minimum atomic E-state index is -0.289. The van der Waals surface area contributed by atoms with Gasteiger partial charge in [-0.1, -0.05) is 28.1 Å². The fourth-order valence-electron chi connectivity index (χ4n) is 1.38. The molecule has 1 aromatic carbocycles. The lowest BCUT2D eigenvalue weighted by Gasteiger charge is -2.20. The smallest absolute Gasteiger partial charge is 0.235 e. The standard InChI is InChI=1S/C11H15BrN2O/c1-14(2)10(11(13)15)7-8-3-5-9(12)6-4-8/h3-6,10H,7H2,1-2H3,(H2,13,15). The third kappa shape index (κ3) is 3.64. The molecule has 0 saturated heterocycles. The van der Waals surface area contributed by atoms with E-state index in [4.69, 9.17) is 5.73 Å². The molecule has 0 aliphatic carbocycles. The summed E-state index contributed by atoms with van der Waals surface area (Å²) < 4.78 is 1.03. The van der Waals surface area contributed by atoms with Gasteiger partial charge in [-0.05, 0) is 38.2 Å². The molecular weight excluding hydrogens is 256 g/mol. The summed E-state index contributed by atoms with van der Waals surface area (Å²) in [5.74, 6) is -0.289. The van der Waals surface area contributed by atoms with Crippen molar-refractivity contribution in [3.63, 3.8) is 0 Å². The molecule has 1 unspecified atom stereocenters. The van der Waals surface area contributed by atoms with Crippen LogP contribution in [0.1, 0.15) is 5.56 Å². The van der Waals surface area contributed by atoms with Crippen molar-refractivity contribution in [3.05, 3.63) is 34.3 Å². The van der Waals surface area contributed by atoms with E-state index in [0.717, 1.165) is 10.0 Å². The number of primary amides is 1. The average molecular weight is 271 g/mol. The van der Waals surface area contributed by atoms with Crippen LogP contribution in [-0.4, -0.2) is 30.9 Å². The number of halogens is 1. The van der Waals surface area contributed by atoms with Gasteiger partial charge in [0.05, 0.1) is 6.04 Å². The van der Waals surface area contributed by atoms with Crippen molar-refractivity contribution in [1.29, 1.82) is 0 Å². The SMILES string of the molecule is CN(C)C(Cc1ccc(Br)cc1)C(N)=O. The maximum atomic E-state index is 11.2. The third-order valence-corrected chi connectivity index (χ3v) is 2.82. The second kappa shape index (κ2) is 5.28. The number of nitrogens with two attached hydrogens (primary N) is 1. The third-order valence-electron chi connectivity index (χ3n) is 2.29. The monoisotopic (exact) mass is 270 g/mol. The van der Waals surface area contributed by atoms with Gasteiger partial charge < -0.3 is 5.73 Å². The summed E-state index contributed by atoms with van der Waals surface area (Å²) in [6, 6.07) is 7.66. The summed E-state index contributed by atoms with van der Waals surface area (Å²) in [6.45, 7) is 0. The molecular formula is C11H15BrN2O. The predicted octanol–water partition coefficient (Wildman–Crippen LogP) is 1.41. The van der Waals surface area contributed by atoms with E-state index in [9.17, 15) is 4.79 Å². The van der Waals surface area contributed by atoms with E-state index < -0.39 is 0 Å². The molecule has 4 heteroatoms. The van der Waals surface area contributed by atoms with Crippen LogP contribution < -0.4 is 5.73 Å². The van der Waals surface area contributed by atoms with Crippen LogP contribution in [0.2, 0.25) is 0 Å². The number of hydrogen-bond acceptors (Lipinski definition) is 2. The van der Waals surface area contributed by atoms with Crippen LogP contribution in [0.25, 0.3) is 0 Å². The average Bonchev–Trinajstić information content (AvgIpc) is 2.15. The maximum absolute atomic E-state index is 11.2. The Morgan fingerprint density at radius 2 is 1.93 bits per heavy atom. The van der Waals surface area contributed by atoms with Gasteiger partial charge in [0.25, 0.3) is 0 Å². The second-order valence-corrected chi connectivity index (χ2v) is 4.63. The van der Waals surface area contributed by atoms with Crippen molar-refractivity contribution in [3.8, 4) is 0 Å². The Hall–Kier alpha value is -0.870. The summed E-state index contributed by atoms with van der Waals surface area (Å²) in [5.41, 5.74) is 6.43. The van der Waals surface area contributed by atoms with Crippen LogP contribution in [0.3, 0.4) is 0 Å². The molecule has 0 aliphatic heterocycles. The normalized spacial score (nSPS) is 12.8. The van der Waals surface area contributed by atoms with Crippen molar-refractivity contribution in [2.45, 2.75) is 12.5 Å². The largest absolute Gasteiger partial charge is 0.368 e. The Morgan fingerprint density at radius 1 is 1.40 bits per heavy atom. The summed E-state index contributed by atoms with van der Waals surface area (Å²) in [6.07, 6.45) is 0.648. The zero-order valence-corrected chi connectivity index (χ0v) is 10.5. The number of nitrogens with zero attached hydrogens (tertiary/aromatic N) is 1. The first-order valence-corrected chi connectivity index (χ1v) is 5.50. The molecule has 0 radical (unpaired) electrons. The first kappa shape index (κ1) is 12.2. The van der Waals surface area contributed by atoms with E-state index in [0.29, 0.717) is 6.42 Å². The zero-order chi connectivity index (χ0) is 11.4. The van der Waals surface area contributed by atoms with E-state index in [1.54, 1.807) is 0 Å². The summed E-state index contributed by atoms with van der Waals surface area (Å²) >= 11 is 3.37. The Bertz CT molecular complexity index is 335. The van der Waals surface area contributed by atoms with E-state index in [1.807, 2.05) is 43.3 Å². The van der Waals surface area contributed by atoms with Crippen LogP contribution in [-0.2, 0) is 11.2 Å². The number of carbonyl (C=O) groups is 1. The van der Waals surface area contributed by atoms with Gasteiger partial charge in [0.15, 0.2) is 0 Å². The lowest BCUT2D eigenvalue weighted by atomic mass is 10.1. The molecule has 0 fully saturated rings. The first-order valence-electron chi connectivity index (χ1n) is 4.71. The minimum absolute atomic E-state index is 0.244. The van der Waals surface area contributed by atoms with Gasteiger partial charge in [0.2, 0.25) is 5.91 Å². The molecule has 0 heterocycles. The summed E-state index contributed by atoms with van der Waals surface area (Å²) in [7, 11) is 3.71. The highest BCUT2D eigenvalue weighted by atomic mass is 79.9. The number of hydrogen-bond donors (Lipinski definition) is 1. The van der Waals surface area contributed by atoms with Crippen LogP contribution in [0.5, 0.6) is 0 Å². The molecule has 1 rings (SSSR count). The first-order chi connectivity index (χ1) is 7.00. The quantitative estimate of drug-likeness (QED) is 0.900. The second-order valence-electron chi connectivity index (χ2n) is 3.71. The van der Waals surface area contributed by atoms with E-state index in [1.165, 1.54) is 0 Å². The molecule has 1 amide bonds. The fourth-order valence-corrected chi connectivity index (χ4v) is 1.65. The number of rotatable bonds is 4. The molecule has 0 spiro atoms. The molecule has 3 nitrogen and oxygen atoms in total. The van der Waals surface area contributed by atoms with Gasteiger partial charge in [-0.3, -0.25) is 9.69 Å². The van der Waals surface area contributed by atoms with Crippen LogP contribution in [0, 0.1) is 0 Å². The Labute approximate surface area is 98.4 Å². The maximum Gasteiger partial charge on any atom is 0.235 e. The molecule has 0 aliphatic rings. The lowest BCUT2D eigenvalue weighted by molar-refractivity contribution is -0.122.